The van der Waals surface area contributed by atoms with Gasteiger partial charge < -0.3 is 10.8 Å². The van der Waals surface area contributed by atoms with E-state index in [1.807, 2.05) is 12.1 Å². The maximum absolute atomic E-state index is 9.05. The lowest BCUT2D eigenvalue weighted by Crippen LogP contribution is -2.17. The predicted molar refractivity (Wildman–Crippen MR) is 53.5 cm³/mol. The average Bonchev–Trinajstić information content (AvgIpc) is 2.16. The number of hydrogen-bond acceptors (Lipinski definition) is 2. The SMILES string of the molecule is Nc1ccc2c(c1)CC(CO)CC2. The van der Waals surface area contributed by atoms with Crippen LogP contribution in [0.15, 0.2) is 18.2 Å². The Bertz CT molecular complexity index is 309. The highest BCUT2D eigenvalue weighted by Gasteiger charge is 2.17. The summed E-state index contributed by atoms with van der Waals surface area (Å²) in [7, 11) is 0. The summed E-state index contributed by atoms with van der Waals surface area (Å²) in [5.74, 6) is 0.439. The summed E-state index contributed by atoms with van der Waals surface area (Å²) in [5.41, 5.74) is 9.26. The van der Waals surface area contributed by atoms with Crippen LogP contribution in [0, 0.1) is 5.92 Å². The molecule has 0 heterocycles. The van der Waals surface area contributed by atoms with Crippen molar-refractivity contribution < 1.29 is 5.11 Å². The molecule has 2 rings (SSSR count). The Balaban J connectivity index is 2.27. The predicted octanol–water partition coefficient (Wildman–Crippen LogP) is 1.37. The van der Waals surface area contributed by atoms with Gasteiger partial charge in [-0.25, -0.2) is 0 Å². The van der Waals surface area contributed by atoms with Crippen molar-refractivity contribution >= 4 is 5.69 Å². The molecule has 1 atom stereocenters. The molecule has 0 amide bonds. The molecule has 2 nitrogen and oxygen atoms in total. The molecule has 70 valence electrons. The monoisotopic (exact) mass is 177 g/mol. The van der Waals surface area contributed by atoms with Gasteiger partial charge in [-0.1, -0.05) is 6.07 Å². The third-order valence-electron chi connectivity index (χ3n) is 2.82. The molecule has 2 heteroatoms. The van der Waals surface area contributed by atoms with Crippen molar-refractivity contribution in [2.24, 2.45) is 5.92 Å². The third kappa shape index (κ3) is 1.68. The van der Waals surface area contributed by atoms with E-state index in [0.717, 1.165) is 24.9 Å². The van der Waals surface area contributed by atoms with Crippen LogP contribution in [-0.4, -0.2) is 11.7 Å². The first-order valence-electron chi connectivity index (χ1n) is 4.77. The van der Waals surface area contributed by atoms with Gasteiger partial charge in [0.05, 0.1) is 0 Å². The van der Waals surface area contributed by atoms with Crippen LogP contribution < -0.4 is 5.73 Å². The number of aliphatic hydroxyl groups is 1. The minimum Gasteiger partial charge on any atom is -0.399 e. The molecule has 0 bridgehead atoms. The molecule has 0 radical (unpaired) electrons. The summed E-state index contributed by atoms with van der Waals surface area (Å²) in [6.07, 6.45) is 3.17. The zero-order chi connectivity index (χ0) is 9.26. The smallest absolute Gasteiger partial charge is 0.0462 e. The van der Waals surface area contributed by atoms with Crippen LogP contribution in [0.1, 0.15) is 17.5 Å². The lowest BCUT2D eigenvalue weighted by Gasteiger charge is -2.22. The van der Waals surface area contributed by atoms with Crippen LogP contribution in [0.2, 0.25) is 0 Å². The number of benzene rings is 1. The van der Waals surface area contributed by atoms with Gasteiger partial charge in [0.1, 0.15) is 0 Å². The highest BCUT2D eigenvalue weighted by molar-refractivity contribution is 5.45. The number of nitrogens with two attached hydrogens (primary N) is 1. The van der Waals surface area contributed by atoms with Crippen LogP contribution >= 0.6 is 0 Å². The van der Waals surface area contributed by atoms with Gasteiger partial charge in [-0.05, 0) is 48.4 Å². The van der Waals surface area contributed by atoms with Gasteiger partial charge in [0.25, 0.3) is 0 Å². The minimum atomic E-state index is 0.300. The molecule has 0 spiro atoms. The largest absolute Gasteiger partial charge is 0.399 e. The van der Waals surface area contributed by atoms with Gasteiger partial charge in [0, 0.05) is 12.3 Å². The maximum atomic E-state index is 9.05. The summed E-state index contributed by atoms with van der Waals surface area (Å²) in [4.78, 5) is 0. The van der Waals surface area contributed by atoms with Crippen LogP contribution in [0.5, 0.6) is 0 Å². The Labute approximate surface area is 78.4 Å². The molecule has 0 saturated heterocycles. The molecular weight excluding hydrogens is 162 g/mol. The average molecular weight is 177 g/mol. The van der Waals surface area contributed by atoms with Crippen molar-refractivity contribution in [2.75, 3.05) is 12.3 Å². The molecule has 0 aromatic heterocycles. The molecule has 3 N–H and O–H groups in total. The zero-order valence-corrected chi connectivity index (χ0v) is 7.66. The van der Waals surface area contributed by atoms with Gasteiger partial charge >= 0.3 is 0 Å². The zero-order valence-electron chi connectivity index (χ0n) is 7.66. The van der Waals surface area contributed by atoms with Crippen LogP contribution in [0.25, 0.3) is 0 Å². The van der Waals surface area contributed by atoms with Gasteiger partial charge in [-0.2, -0.15) is 0 Å². The van der Waals surface area contributed by atoms with Crippen molar-refractivity contribution in [3.63, 3.8) is 0 Å². The molecule has 1 aliphatic rings. The van der Waals surface area contributed by atoms with Crippen LogP contribution in [0.3, 0.4) is 0 Å². The fourth-order valence-corrected chi connectivity index (χ4v) is 2.01. The highest BCUT2D eigenvalue weighted by Crippen LogP contribution is 2.26. The molecule has 1 aromatic carbocycles. The first kappa shape index (κ1) is 8.57. The van der Waals surface area contributed by atoms with Gasteiger partial charge in [0.15, 0.2) is 0 Å². The molecule has 1 aromatic rings. The van der Waals surface area contributed by atoms with E-state index in [2.05, 4.69) is 6.07 Å². The summed E-state index contributed by atoms with van der Waals surface area (Å²) in [6.45, 7) is 0.300. The molecular formula is C11H15NO. The fraction of sp³-hybridized carbons (Fsp3) is 0.455. The fourth-order valence-electron chi connectivity index (χ4n) is 2.01. The first-order chi connectivity index (χ1) is 6.29. The topological polar surface area (TPSA) is 46.2 Å². The molecule has 0 aliphatic heterocycles. The van der Waals surface area contributed by atoms with Crippen molar-refractivity contribution in [1.29, 1.82) is 0 Å². The Hall–Kier alpha value is -1.02. The van der Waals surface area contributed by atoms with Crippen molar-refractivity contribution in [3.05, 3.63) is 29.3 Å². The Morgan fingerprint density at radius 1 is 1.38 bits per heavy atom. The first-order valence-corrected chi connectivity index (χ1v) is 4.77. The van der Waals surface area contributed by atoms with Crippen molar-refractivity contribution in [3.8, 4) is 0 Å². The van der Waals surface area contributed by atoms with Crippen LogP contribution in [-0.2, 0) is 12.8 Å². The molecule has 13 heavy (non-hydrogen) atoms. The summed E-state index contributed by atoms with van der Waals surface area (Å²) < 4.78 is 0. The number of rotatable bonds is 1. The van der Waals surface area contributed by atoms with Crippen molar-refractivity contribution in [2.45, 2.75) is 19.3 Å². The number of aliphatic hydroxyl groups excluding tert-OH is 1. The van der Waals surface area contributed by atoms with E-state index in [0.29, 0.717) is 12.5 Å². The second kappa shape index (κ2) is 3.38. The number of hydrogen-bond donors (Lipinski definition) is 2. The number of aryl methyl sites for hydroxylation is 1. The van der Waals surface area contributed by atoms with E-state index < -0.39 is 0 Å². The maximum Gasteiger partial charge on any atom is 0.0462 e. The molecule has 1 aliphatic carbocycles. The van der Waals surface area contributed by atoms with Gasteiger partial charge in [0.2, 0.25) is 0 Å². The van der Waals surface area contributed by atoms with E-state index in [1.165, 1.54) is 11.1 Å². The second-order valence-electron chi connectivity index (χ2n) is 3.82. The van der Waals surface area contributed by atoms with Gasteiger partial charge in [-0.15, -0.1) is 0 Å². The minimum absolute atomic E-state index is 0.300. The normalized spacial score (nSPS) is 21.2. The van der Waals surface area contributed by atoms with Gasteiger partial charge in [-0.3, -0.25) is 0 Å². The highest BCUT2D eigenvalue weighted by atomic mass is 16.3. The summed E-state index contributed by atoms with van der Waals surface area (Å²) in [5, 5.41) is 9.05. The number of nitrogen functional groups attached to an aromatic ring is 1. The lowest BCUT2D eigenvalue weighted by atomic mass is 9.84. The van der Waals surface area contributed by atoms with E-state index >= 15 is 0 Å². The quantitative estimate of drug-likeness (QED) is 0.636. The van der Waals surface area contributed by atoms with E-state index in [9.17, 15) is 0 Å². The third-order valence-corrected chi connectivity index (χ3v) is 2.82. The van der Waals surface area contributed by atoms with E-state index in [-0.39, 0.29) is 0 Å². The lowest BCUT2D eigenvalue weighted by molar-refractivity contribution is 0.213. The Morgan fingerprint density at radius 3 is 3.00 bits per heavy atom. The second-order valence-corrected chi connectivity index (χ2v) is 3.82. The number of anilines is 1. The Morgan fingerprint density at radius 2 is 2.23 bits per heavy atom. The molecule has 1 unspecified atom stereocenters. The molecule has 0 fully saturated rings. The van der Waals surface area contributed by atoms with Crippen molar-refractivity contribution in [1.82, 2.24) is 0 Å². The van der Waals surface area contributed by atoms with Crippen LogP contribution in [0.4, 0.5) is 5.69 Å². The summed E-state index contributed by atoms with van der Waals surface area (Å²) >= 11 is 0. The van der Waals surface area contributed by atoms with E-state index in [1.54, 1.807) is 0 Å². The Kier molecular flexibility index (Phi) is 2.23. The summed E-state index contributed by atoms with van der Waals surface area (Å²) in [6, 6.07) is 6.10. The number of fused-ring (bicyclic) bond motifs is 1. The molecule has 0 saturated carbocycles. The standard InChI is InChI=1S/C11H15NO/c12-11-4-3-9-2-1-8(7-13)5-10(9)6-11/h3-4,6,8,13H,1-2,5,7,12H2. The van der Waals surface area contributed by atoms with E-state index in [4.69, 9.17) is 10.8 Å².